The Morgan fingerprint density at radius 3 is 1.69 bits per heavy atom. The summed E-state index contributed by atoms with van der Waals surface area (Å²) < 4.78 is 62.8. The number of H-pyrrole nitrogens is 2. The van der Waals surface area contributed by atoms with Gasteiger partial charge in [-0.2, -0.15) is 0 Å². The molecule has 0 spiro atoms. The topological polar surface area (TPSA) is 183 Å². The van der Waals surface area contributed by atoms with Crippen LogP contribution in [-0.2, 0) is 0 Å². The maximum atomic E-state index is 14.7. The van der Waals surface area contributed by atoms with Gasteiger partial charge in [0, 0.05) is 86.0 Å². The maximum absolute atomic E-state index is 14.7. The molecule has 9 aromatic rings. The molecule has 2 saturated heterocycles. The van der Waals surface area contributed by atoms with Gasteiger partial charge in [-0.1, -0.05) is 53.5 Å². The third-order valence-corrected chi connectivity index (χ3v) is 13.4. The van der Waals surface area contributed by atoms with Crippen molar-refractivity contribution in [2.24, 2.45) is 11.8 Å². The summed E-state index contributed by atoms with van der Waals surface area (Å²) in [4.78, 5) is 61.2. The highest BCUT2D eigenvalue weighted by molar-refractivity contribution is 6.31. The maximum Gasteiger partial charge on any atom is 0.257 e. The molecule has 15 nitrogen and oxygen atoms in total. The van der Waals surface area contributed by atoms with Crippen LogP contribution < -0.4 is 15.4 Å². The second-order valence-electron chi connectivity index (χ2n) is 18.1. The van der Waals surface area contributed by atoms with E-state index in [1.807, 2.05) is 47.4 Å². The number of hydrogen-bond acceptors (Lipinski definition) is 11. The number of ether oxygens (including phenoxy) is 1. The predicted octanol–water partition coefficient (Wildman–Crippen LogP) is 11.6. The van der Waals surface area contributed by atoms with E-state index in [4.69, 9.17) is 27.9 Å². The Morgan fingerprint density at radius 1 is 0.613 bits per heavy atom. The van der Waals surface area contributed by atoms with E-state index in [9.17, 15) is 27.2 Å². The summed E-state index contributed by atoms with van der Waals surface area (Å²) in [5, 5.41) is 8.56. The number of anilines is 2. The van der Waals surface area contributed by atoms with Crippen LogP contribution in [0.25, 0.3) is 44.8 Å². The van der Waals surface area contributed by atoms with Crippen LogP contribution in [-0.4, -0.2) is 101 Å². The van der Waals surface area contributed by atoms with Crippen LogP contribution in [0.4, 0.5) is 29.2 Å². The number of halogens is 6. The summed E-state index contributed by atoms with van der Waals surface area (Å²) in [7, 11) is 0. The number of aromatic nitrogens is 8. The first kappa shape index (κ1) is 50.4. The highest BCUT2D eigenvalue weighted by Crippen LogP contribution is 2.32. The summed E-state index contributed by atoms with van der Waals surface area (Å²) in [6, 6.07) is 23.0. The van der Waals surface area contributed by atoms with Crippen molar-refractivity contribution < 1.29 is 31.9 Å². The van der Waals surface area contributed by atoms with Gasteiger partial charge >= 0.3 is 0 Å². The number of carbonyl (C=O) groups is 2. The third kappa shape index (κ3) is 11.6. The lowest BCUT2D eigenvalue weighted by Gasteiger charge is -2.33. The zero-order chi connectivity index (χ0) is 52.0. The van der Waals surface area contributed by atoms with Gasteiger partial charge in [-0.25, -0.2) is 47.5 Å². The Hall–Kier alpha value is -8.16. The number of amides is 2. The average molecular weight is 1060 g/mol. The fourth-order valence-electron chi connectivity index (χ4n) is 9.23. The fourth-order valence-corrected chi connectivity index (χ4v) is 9.55. The second kappa shape index (κ2) is 22.5. The molecular weight excluding hydrogens is 1010 g/mol. The van der Waals surface area contributed by atoms with Gasteiger partial charge in [-0.3, -0.25) is 9.59 Å². The molecular formula is C54H46Cl2F4N12O3. The SMILES string of the molecule is O=C(c1cc(F)ccc1F)N1CCCC(CNc2nc(-c3c[nH]c4ncc(Cl)cc34)ncc2F)C1.O=C(c1ccccc1Oc1ccccc1)N1CCCC(CNc2nc(-c3c[nH]c4ncc(Cl)cc34)ncc2F)C1. The minimum Gasteiger partial charge on any atom is -0.457 e. The second-order valence-corrected chi connectivity index (χ2v) is 19.0. The third-order valence-electron chi connectivity index (χ3n) is 12.9. The number of aromatic amines is 2. The van der Waals surface area contributed by atoms with Gasteiger partial charge in [0.25, 0.3) is 11.8 Å². The van der Waals surface area contributed by atoms with E-state index in [0.29, 0.717) is 112 Å². The molecule has 2 amide bonds. The molecule has 11 rings (SSSR count). The van der Waals surface area contributed by atoms with Crippen molar-refractivity contribution in [3.8, 4) is 34.3 Å². The van der Waals surface area contributed by atoms with E-state index in [1.165, 1.54) is 11.1 Å². The standard InChI is InChI=1S/C30H26ClFN6O2.C24H20ClF3N6O/c31-20-13-23-24(16-35-27(23)34-15-20)28-36-17-25(32)29(37-28)33-14-19-7-6-12-38(18-19)30(39)22-10-4-5-11-26(22)40-21-8-2-1-3-9-21;25-14-6-16-18(10-31-21(16)30-9-14)22-32-11-20(28)23(33-22)29-8-13-2-1-5-34(12-13)24(35)17-7-15(26)3-4-19(17)27/h1-5,8-11,13,15-17,19H,6-7,12,14,18H2,(H,34,35)(H,33,36,37);3-4,6-7,9-11,13H,1-2,5,8,12H2,(H,30,31)(H,29,32,33). The number of nitrogens with zero attached hydrogens (tertiary/aromatic N) is 8. The van der Waals surface area contributed by atoms with E-state index in [-0.39, 0.29) is 34.9 Å². The Bertz CT molecular complexity index is 3530. The number of piperidine rings is 2. The Balaban J connectivity index is 0.000000173. The van der Waals surface area contributed by atoms with Crippen LogP contribution >= 0.6 is 23.2 Å². The highest BCUT2D eigenvalue weighted by Gasteiger charge is 2.29. The van der Waals surface area contributed by atoms with Crippen LogP contribution in [0.2, 0.25) is 10.0 Å². The quantitative estimate of drug-likeness (QED) is 0.0854. The summed E-state index contributed by atoms with van der Waals surface area (Å²) in [5.41, 5.74) is 2.78. The van der Waals surface area contributed by atoms with Gasteiger partial charge in [0.1, 0.15) is 34.4 Å². The Kier molecular flexibility index (Phi) is 15.1. The first-order valence-corrected chi connectivity index (χ1v) is 24.8. The number of hydrogen-bond donors (Lipinski definition) is 4. The molecule has 0 radical (unpaired) electrons. The van der Waals surface area contributed by atoms with E-state index in [0.717, 1.165) is 55.2 Å². The predicted molar refractivity (Wildman–Crippen MR) is 278 cm³/mol. The smallest absolute Gasteiger partial charge is 0.257 e. The molecule has 382 valence electrons. The first-order valence-electron chi connectivity index (χ1n) is 24.1. The number of fused-ring (bicyclic) bond motifs is 2. The van der Waals surface area contributed by atoms with Gasteiger partial charge < -0.3 is 35.1 Å². The van der Waals surface area contributed by atoms with Gasteiger partial charge in [0.15, 0.2) is 34.9 Å². The summed E-state index contributed by atoms with van der Waals surface area (Å²) >= 11 is 12.2. The lowest BCUT2D eigenvalue weighted by molar-refractivity contribution is 0.0669. The summed E-state index contributed by atoms with van der Waals surface area (Å²) in [6.07, 6.45) is 12.0. The number of para-hydroxylation sites is 2. The molecule has 2 aliphatic heterocycles. The Labute approximate surface area is 436 Å². The number of pyridine rings is 2. The number of rotatable bonds is 12. The fraction of sp³-hybridized carbons (Fsp3) is 0.222. The monoisotopic (exact) mass is 1060 g/mol. The molecule has 2 unspecified atom stereocenters. The van der Waals surface area contributed by atoms with E-state index < -0.39 is 29.2 Å². The Morgan fingerprint density at radius 2 is 1.13 bits per heavy atom. The van der Waals surface area contributed by atoms with Crippen LogP contribution in [0.3, 0.4) is 0 Å². The minimum absolute atomic E-state index is 0.0268. The van der Waals surface area contributed by atoms with Crippen molar-refractivity contribution in [1.29, 1.82) is 0 Å². The molecule has 21 heteroatoms. The van der Waals surface area contributed by atoms with Crippen molar-refractivity contribution in [3.63, 3.8) is 0 Å². The van der Waals surface area contributed by atoms with Gasteiger partial charge in [-0.05, 0) is 92.1 Å². The van der Waals surface area contributed by atoms with Crippen LogP contribution in [0.1, 0.15) is 46.4 Å². The van der Waals surface area contributed by atoms with Crippen molar-refractivity contribution in [2.75, 3.05) is 49.9 Å². The number of likely N-dealkylation sites (tertiary alicyclic amines) is 2. The highest BCUT2D eigenvalue weighted by atomic mass is 35.5. The number of nitrogens with one attached hydrogen (secondary N) is 4. The van der Waals surface area contributed by atoms with E-state index >= 15 is 0 Å². The van der Waals surface area contributed by atoms with Crippen molar-refractivity contribution in [3.05, 3.63) is 167 Å². The van der Waals surface area contributed by atoms with Gasteiger partial charge in [0.05, 0.1) is 33.6 Å². The zero-order valence-corrected chi connectivity index (χ0v) is 41.4. The molecule has 6 aromatic heterocycles. The largest absolute Gasteiger partial charge is 0.457 e. The van der Waals surface area contributed by atoms with Crippen LogP contribution in [0, 0.1) is 35.1 Å². The van der Waals surface area contributed by atoms with Crippen molar-refractivity contribution >= 4 is 68.7 Å². The van der Waals surface area contributed by atoms with Crippen molar-refractivity contribution in [1.82, 2.24) is 49.7 Å². The molecule has 0 bridgehead atoms. The molecule has 3 aromatic carbocycles. The zero-order valence-electron chi connectivity index (χ0n) is 39.8. The minimum atomic E-state index is -0.763. The first-order chi connectivity index (χ1) is 36.4. The van der Waals surface area contributed by atoms with Gasteiger partial charge in [-0.15, -0.1) is 0 Å². The lowest BCUT2D eigenvalue weighted by Crippen LogP contribution is -2.42. The average Bonchev–Trinajstić information content (AvgIpc) is 4.06. The number of benzene rings is 3. The van der Waals surface area contributed by atoms with E-state index in [1.54, 1.807) is 42.9 Å². The molecule has 8 heterocycles. The molecule has 0 aliphatic carbocycles. The lowest BCUT2D eigenvalue weighted by atomic mass is 9.97. The molecule has 0 saturated carbocycles. The van der Waals surface area contributed by atoms with E-state index in [2.05, 4.69) is 50.5 Å². The van der Waals surface area contributed by atoms with Crippen LogP contribution in [0.15, 0.2) is 122 Å². The van der Waals surface area contributed by atoms with Crippen LogP contribution in [0.5, 0.6) is 11.5 Å². The normalized spacial score (nSPS) is 15.6. The summed E-state index contributed by atoms with van der Waals surface area (Å²) in [6.45, 7) is 2.75. The molecule has 2 aliphatic rings. The number of carbonyl (C=O) groups excluding carboxylic acids is 2. The molecule has 75 heavy (non-hydrogen) atoms. The van der Waals surface area contributed by atoms with Gasteiger partial charge in [0.2, 0.25) is 0 Å². The molecule has 2 fully saturated rings. The molecule has 4 N–H and O–H groups in total. The molecule has 2 atom stereocenters. The summed E-state index contributed by atoms with van der Waals surface area (Å²) in [5.74, 6) is -1.18. The van der Waals surface area contributed by atoms with Crippen molar-refractivity contribution in [2.45, 2.75) is 25.7 Å².